The van der Waals surface area contributed by atoms with Crippen molar-refractivity contribution < 1.29 is 5.11 Å². The van der Waals surface area contributed by atoms with Crippen molar-refractivity contribution in [1.82, 2.24) is 20.2 Å². The zero-order valence-electron chi connectivity index (χ0n) is 16.6. The van der Waals surface area contributed by atoms with Crippen molar-refractivity contribution in [2.75, 3.05) is 18.0 Å². The highest BCUT2D eigenvalue weighted by molar-refractivity contribution is 5.63. The van der Waals surface area contributed by atoms with E-state index in [9.17, 15) is 5.11 Å². The number of aliphatic hydroxyl groups excluding tert-OH is 1. The van der Waals surface area contributed by atoms with Gasteiger partial charge in [-0.2, -0.15) is 0 Å². The van der Waals surface area contributed by atoms with Gasteiger partial charge in [0.25, 0.3) is 0 Å². The van der Waals surface area contributed by atoms with Crippen LogP contribution in [0.5, 0.6) is 0 Å². The smallest absolute Gasteiger partial charge is 0.245 e. The van der Waals surface area contributed by atoms with Gasteiger partial charge in [0.05, 0.1) is 12.6 Å². The zero-order chi connectivity index (χ0) is 19.7. The molecule has 5 rings (SSSR count). The van der Waals surface area contributed by atoms with Crippen LogP contribution in [0.4, 0.5) is 5.95 Å². The van der Waals surface area contributed by atoms with Crippen molar-refractivity contribution in [3.63, 3.8) is 0 Å². The summed E-state index contributed by atoms with van der Waals surface area (Å²) in [5.41, 5.74) is 3.62. The van der Waals surface area contributed by atoms with Crippen LogP contribution in [0.25, 0.3) is 11.1 Å². The molecule has 1 aliphatic heterocycles. The molecule has 29 heavy (non-hydrogen) atoms. The molecule has 0 radical (unpaired) electrons. The van der Waals surface area contributed by atoms with Crippen LogP contribution in [0, 0.1) is 5.41 Å². The van der Waals surface area contributed by atoms with Crippen LogP contribution in [0.3, 0.4) is 0 Å². The topological polar surface area (TPSA) is 67.1 Å². The Labute approximate surface area is 171 Å². The molecule has 6 nitrogen and oxygen atoms in total. The lowest BCUT2D eigenvalue weighted by Crippen LogP contribution is -2.48. The molecule has 0 bridgehead atoms. The number of rotatable bonds is 4. The summed E-state index contributed by atoms with van der Waals surface area (Å²) >= 11 is 0. The predicted octanol–water partition coefficient (Wildman–Crippen LogP) is 3.52. The number of hydrogen-bond donors (Lipinski definition) is 1. The quantitative estimate of drug-likeness (QED) is 0.739. The Morgan fingerprint density at radius 3 is 2.48 bits per heavy atom. The van der Waals surface area contributed by atoms with Crippen molar-refractivity contribution in [1.29, 1.82) is 0 Å². The molecule has 2 heterocycles. The van der Waals surface area contributed by atoms with Crippen molar-refractivity contribution in [2.24, 2.45) is 5.41 Å². The van der Waals surface area contributed by atoms with Gasteiger partial charge in [0.1, 0.15) is 0 Å². The van der Waals surface area contributed by atoms with Gasteiger partial charge in [-0.25, -0.2) is 4.68 Å². The second kappa shape index (κ2) is 7.59. The third-order valence-electron chi connectivity index (χ3n) is 6.66. The molecule has 6 heteroatoms. The first-order valence-corrected chi connectivity index (χ1v) is 10.6. The van der Waals surface area contributed by atoms with Crippen molar-refractivity contribution in [3.8, 4) is 11.1 Å². The number of nitrogens with zero attached hydrogens (tertiary/aromatic N) is 5. The average Bonchev–Trinajstić information content (AvgIpc) is 3.36. The molecule has 0 unspecified atom stereocenters. The van der Waals surface area contributed by atoms with Crippen LogP contribution in [0.2, 0.25) is 0 Å². The van der Waals surface area contributed by atoms with Gasteiger partial charge in [0.15, 0.2) is 0 Å². The third kappa shape index (κ3) is 3.53. The summed E-state index contributed by atoms with van der Waals surface area (Å²) < 4.78 is 1.89. The van der Waals surface area contributed by atoms with Crippen LogP contribution in [-0.4, -0.2) is 44.5 Å². The third-order valence-corrected chi connectivity index (χ3v) is 6.66. The van der Waals surface area contributed by atoms with E-state index in [1.165, 1.54) is 16.7 Å². The Balaban J connectivity index is 1.33. The first-order valence-electron chi connectivity index (χ1n) is 10.6. The van der Waals surface area contributed by atoms with E-state index in [-0.39, 0.29) is 11.5 Å². The van der Waals surface area contributed by atoms with E-state index in [0.717, 1.165) is 51.1 Å². The highest BCUT2D eigenvalue weighted by Crippen LogP contribution is 2.45. The SMILES string of the molecule is O[C@@H]1CCC[C@]12CCCN(c1nnnn1Cc1ccc(-c3ccccc3)cc1)C2. The first kappa shape index (κ1) is 18.3. The summed E-state index contributed by atoms with van der Waals surface area (Å²) in [5.74, 6) is 0.815. The molecule has 2 aromatic carbocycles. The number of hydrogen-bond acceptors (Lipinski definition) is 5. The number of aliphatic hydroxyl groups is 1. The molecule has 1 N–H and O–H groups in total. The van der Waals surface area contributed by atoms with Gasteiger partial charge in [-0.15, -0.1) is 0 Å². The normalized spacial score (nSPS) is 24.3. The maximum atomic E-state index is 10.6. The van der Waals surface area contributed by atoms with E-state index in [0.29, 0.717) is 6.54 Å². The van der Waals surface area contributed by atoms with Crippen LogP contribution >= 0.6 is 0 Å². The lowest BCUT2D eigenvalue weighted by molar-refractivity contribution is 0.0404. The van der Waals surface area contributed by atoms with Gasteiger partial charge in [-0.05, 0) is 52.8 Å². The maximum absolute atomic E-state index is 10.6. The van der Waals surface area contributed by atoms with E-state index in [4.69, 9.17) is 0 Å². The lowest BCUT2D eigenvalue weighted by atomic mass is 9.77. The molecule has 1 aliphatic carbocycles. The first-order chi connectivity index (χ1) is 14.2. The van der Waals surface area contributed by atoms with Crippen LogP contribution in [-0.2, 0) is 6.54 Å². The van der Waals surface area contributed by atoms with E-state index in [1.807, 2.05) is 10.7 Å². The Bertz CT molecular complexity index is 955. The fourth-order valence-corrected chi connectivity index (χ4v) is 5.06. The van der Waals surface area contributed by atoms with Gasteiger partial charge in [-0.1, -0.05) is 66.1 Å². The fourth-order valence-electron chi connectivity index (χ4n) is 5.06. The minimum Gasteiger partial charge on any atom is -0.392 e. The summed E-state index contributed by atoms with van der Waals surface area (Å²) in [5, 5.41) is 23.1. The molecule has 1 spiro atoms. The highest BCUT2D eigenvalue weighted by atomic mass is 16.3. The molecule has 0 amide bonds. The standard InChI is InChI=1S/C23H27N5O/c29-21-8-4-13-23(21)14-5-15-27(17-23)22-24-25-26-28(22)16-18-9-11-20(12-10-18)19-6-2-1-3-7-19/h1-3,6-7,9-12,21,29H,4-5,8,13-17H2/t21-,23-/m1/s1. The Hall–Kier alpha value is -2.73. The molecular weight excluding hydrogens is 362 g/mol. The highest BCUT2D eigenvalue weighted by Gasteiger charge is 2.45. The van der Waals surface area contributed by atoms with Crippen LogP contribution < -0.4 is 4.90 Å². The number of anilines is 1. The zero-order valence-corrected chi connectivity index (χ0v) is 16.6. The molecule has 1 aromatic heterocycles. The molecule has 150 valence electrons. The van der Waals surface area contributed by atoms with Crippen molar-refractivity contribution in [3.05, 3.63) is 60.2 Å². The maximum Gasteiger partial charge on any atom is 0.245 e. The average molecular weight is 390 g/mol. The minimum absolute atomic E-state index is 0.0202. The van der Waals surface area contributed by atoms with Gasteiger partial charge in [0.2, 0.25) is 5.95 Å². The fraction of sp³-hybridized carbons (Fsp3) is 0.435. The molecular formula is C23H27N5O. The lowest BCUT2D eigenvalue weighted by Gasteiger charge is -2.42. The molecule has 1 saturated carbocycles. The molecule has 2 atom stereocenters. The second-order valence-corrected chi connectivity index (χ2v) is 8.49. The summed E-state index contributed by atoms with van der Waals surface area (Å²) in [6, 6.07) is 19.0. The summed E-state index contributed by atoms with van der Waals surface area (Å²) in [6.45, 7) is 2.44. The van der Waals surface area contributed by atoms with E-state index in [1.54, 1.807) is 0 Å². The monoisotopic (exact) mass is 389 g/mol. The van der Waals surface area contributed by atoms with Crippen LogP contribution in [0.15, 0.2) is 54.6 Å². The van der Waals surface area contributed by atoms with Gasteiger partial charge >= 0.3 is 0 Å². The van der Waals surface area contributed by atoms with Crippen molar-refractivity contribution >= 4 is 5.95 Å². The Morgan fingerprint density at radius 1 is 0.966 bits per heavy atom. The van der Waals surface area contributed by atoms with E-state index < -0.39 is 0 Å². The molecule has 1 saturated heterocycles. The van der Waals surface area contributed by atoms with Crippen molar-refractivity contribution in [2.45, 2.75) is 44.8 Å². The molecule has 3 aromatic rings. The summed E-state index contributed by atoms with van der Waals surface area (Å²) in [6.07, 6.45) is 5.14. The van der Waals surface area contributed by atoms with E-state index >= 15 is 0 Å². The number of aromatic nitrogens is 4. The largest absolute Gasteiger partial charge is 0.392 e. The number of benzene rings is 2. The van der Waals surface area contributed by atoms with Gasteiger partial charge in [0, 0.05) is 18.5 Å². The molecule has 2 aliphatic rings. The Kier molecular flexibility index (Phi) is 4.79. The summed E-state index contributed by atoms with van der Waals surface area (Å²) in [4.78, 5) is 2.27. The van der Waals surface area contributed by atoms with Crippen LogP contribution in [0.1, 0.15) is 37.7 Å². The van der Waals surface area contributed by atoms with Gasteiger partial charge in [-0.3, -0.25) is 0 Å². The Morgan fingerprint density at radius 2 is 1.72 bits per heavy atom. The number of tetrazole rings is 1. The molecule has 2 fully saturated rings. The summed E-state index contributed by atoms with van der Waals surface area (Å²) in [7, 11) is 0. The number of piperidine rings is 1. The van der Waals surface area contributed by atoms with Gasteiger partial charge < -0.3 is 10.0 Å². The predicted molar refractivity (Wildman–Crippen MR) is 113 cm³/mol. The minimum atomic E-state index is -0.194. The van der Waals surface area contributed by atoms with E-state index in [2.05, 4.69) is 69.0 Å². The second-order valence-electron chi connectivity index (χ2n) is 8.49.